The summed E-state index contributed by atoms with van der Waals surface area (Å²) < 4.78 is 28.9. The second kappa shape index (κ2) is 11.4. The number of carbonyl (C=O) groups is 1. The first-order chi connectivity index (χ1) is 19.9. The molecular formula is C34H33N3O3S. The highest BCUT2D eigenvalue weighted by atomic mass is 32.2. The summed E-state index contributed by atoms with van der Waals surface area (Å²) in [7, 11) is -3.74. The third-order valence-corrected chi connectivity index (χ3v) is 9.74. The number of sulfone groups is 1. The molecule has 7 heteroatoms. The third kappa shape index (κ3) is 5.43. The lowest BCUT2D eigenvalue weighted by atomic mass is 9.96. The predicted molar refractivity (Wildman–Crippen MR) is 161 cm³/mol. The fourth-order valence-corrected chi connectivity index (χ4v) is 7.24. The highest BCUT2D eigenvalue weighted by molar-refractivity contribution is 7.91. The van der Waals surface area contributed by atoms with E-state index in [2.05, 4.69) is 53.4 Å². The van der Waals surface area contributed by atoms with Crippen LogP contribution >= 0.6 is 0 Å². The van der Waals surface area contributed by atoms with Gasteiger partial charge in [-0.2, -0.15) is 0 Å². The van der Waals surface area contributed by atoms with Crippen molar-refractivity contribution in [1.82, 2.24) is 14.4 Å². The topological polar surface area (TPSA) is 62.6 Å². The van der Waals surface area contributed by atoms with Gasteiger partial charge in [0.1, 0.15) is 6.54 Å². The average Bonchev–Trinajstić information content (AvgIpc) is 3.38. The van der Waals surface area contributed by atoms with Gasteiger partial charge in [0.05, 0.1) is 15.8 Å². The summed E-state index contributed by atoms with van der Waals surface area (Å²) in [5.74, 6) is -0.0133. The van der Waals surface area contributed by atoms with Crippen molar-refractivity contribution in [3.63, 3.8) is 0 Å². The van der Waals surface area contributed by atoms with Crippen LogP contribution in [0.2, 0.25) is 0 Å². The number of aryl methyl sites for hydroxylation is 1. The van der Waals surface area contributed by atoms with E-state index < -0.39 is 9.84 Å². The molecule has 4 aromatic carbocycles. The summed E-state index contributed by atoms with van der Waals surface area (Å²) >= 11 is 0. The Labute approximate surface area is 241 Å². The molecule has 0 aliphatic carbocycles. The molecular weight excluding hydrogens is 530 g/mol. The van der Waals surface area contributed by atoms with Crippen LogP contribution < -0.4 is 0 Å². The smallest absolute Gasteiger partial charge is 0.242 e. The highest BCUT2D eigenvalue weighted by Crippen LogP contribution is 2.32. The number of piperazine rings is 1. The molecule has 1 aromatic heterocycles. The van der Waals surface area contributed by atoms with Gasteiger partial charge in [-0.1, -0.05) is 96.6 Å². The summed E-state index contributed by atoms with van der Waals surface area (Å²) in [5.41, 5.74) is 4.20. The molecule has 2 heterocycles. The second-order valence-corrected chi connectivity index (χ2v) is 12.5. The van der Waals surface area contributed by atoms with Gasteiger partial charge < -0.3 is 9.47 Å². The minimum absolute atomic E-state index is 0.0133. The second-order valence-electron chi connectivity index (χ2n) is 10.6. The van der Waals surface area contributed by atoms with Crippen LogP contribution in [0.3, 0.4) is 0 Å². The van der Waals surface area contributed by atoms with E-state index >= 15 is 0 Å². The van der Waals surface area contributed by atoms with E-state index in [4.69, 9.17) is 0 Å². The molecule has 1 amide bonds. The molecule has 208 valence electrons. The van der Waals surface area contributed by atoms with Crippen LogP contribution in [0.1, 0.15) is 22.7 Å². The molecule has 0 bridgehead atoms. The van der Waals surface area contributed by atoms with E-state index in [1.165, 1.54) is 11.1 Å². The number of hydrogen-bond donors (Lipinski definition) is 0. The van der Waals surface area contributed by atoms with Gasteiger partial charge in [-0.15, -0.1) is 0 Å². The van der Waals surface area contributed by atoms with E-state index in [0.29, 0.717) is 18.5 Å². The van der Waals surface area contributed by atoms with E-state index in [1.807, 2.05) is 48.2 Å². The van der Waals surface area contributed by atoms with Crippen molar-refractivity contribution >= 4 is 26.6 Å². The van der Waals surface area contributed by atoms with Crippen LogP contribution in [0.25, 0.3) is 10.9 Å². The molecule has 0 saturated carbocycles. The molecule has 1 saturated heterocycles. The number of aromatic nitrogens is 1. The van der Waals surface area contributed by atoms with Gasteiger partial charge in [0, 0.05) is 43.3 Å². The maximum Gasteiger partial charge on any atom is 0.242 e. The van der Waals surface area contributed by atoms with E-state index in [-0.39, 0.29) is 28.3 Å². The Bertz CT molecular complexity index is 1720. The molecule has 0 N–H and O–H groups in total. The average molecular weight is 564 g/mol. The van der Waals surface area contributed by atoms with Gasteiger partial charge in [-0.3, -0.25) is 9.69 Å². The molecule has 1 aliphatic rings. The lowest BCUT2D eigenvalue weighted by Crippen LogP contribution is -2.50. The largest absolute Gasteiger partial charge is 0.339 e. The van der Waals surface area contributed by atoms with Crippen LogP contribution in [0.5, 0.6) is 0 Å². The Morgan fingerprint density at radius 3 is 1.90 bits per heavy atom. The number of nitrogens with zero attached hydrogens (tertiary/aromatic N) is 3. The van der Waals surface area contributed by atoms with Crippen molar-refractivity contribution in [1.29, 1.82) is 0 Å². The lowest BCUT2D eigenvalue weighted by molar-refractivity contribution is -0.133. The van der Waals surface area contributed by atoms with E-state index in [1.54, 1.807) is 35.0 Å². The summed E-state index contributed by atoms with van der Waals surface area (Å²) in [5, 5.41) is 0.624. The van der Waals surface area contributed by atoms with Gasteiger partial charge in [0.15, 0.2) is 0 Å². The number of rotatable bonds is 7. The van der Waals surface area contributed by atoms with E-state index in [9.17, 15) is 13.2 Å². The first kappa shape index (κ1) is 27.0. The summed E-state index contributed by atoms with van der Waals surface area (Å²) in [6.07, 6.45) is 1.62. The normalized spacial score (nSPS) is 14.5. The van der Waals surface area contributed by atoms with Gasteiger partial charge in [0.25, 0.3) is 0 Å². The maximum atomic E-state index is 13.6. The minimum Gasteiger partial charge on any atom is -0.339 e. The number of fused-ring (bicyclic) bond motifs is 1. The number of carbonyl (C=O) groups excluding carboxylic acids is 1. The van der Waals surface area contributed by atoms with Crippen LogP contribution in [0.4, 0.5) is 0 Å². The number of amides is 1. The van der Waals surface area contributed by atoms with Crippen molar-refractivity contribution in [2.45, 2.75) is 29.3 Å². The van der Waals surface area contributed by atoms with Crippen LogP contribution in [-0.4, -0.2) is 54.9 Å². The number of para-hydroxylation sites is 1. The summed E-state index contributed by atoms with van der Waals surface area (Å²) in [6, 6.07) is 35.4. The number of hydrogen-bond acceptors (Lipinski definition) is 4. The SMILES string of the molecule is Cc1ccc(S(=O)(=O)c2cn(CC(=O)N3CCN(C(c4ccccc4)c4ccccc4)CC3)c3ccccc23)cc1. The summed E-state index contributed by atoms with van der Waals surface area (Å²) in [4.78, 5) is 18.3. The zero-order chi connectivity index (χ0) is 28.4. The molecule has 1 fully saturated rings. The third-order valence-electron chi connectivity index (χ3n) is 7.94. The zero-order valence-corrected chi connectivity index (χ0v) is 23.9. The first-order valence-corrected chi connectivity index (χ1v) is 15.4. The maximum absolute atomic E-state index is 13.6. The van der Waals surface area contributed by atoms with Crippen molar-refractivity contribution in [3.8, 4) is 0 Å². The van der Waals surface area contributed by atoms with Crippen LogP contribution in [0, 0.1) is 6.92 Å². The highest BCUT2D eigenvalue weighted by Gasteiger charge is 2.29. The van der Waals surface area contributed by atoms with Gasteiger partial charge in [0.2, 0.25) is 15.7 Å². The molecule has 0 atom stereocenters. The van der Waals surface area contributed by atoms with E-state index in [0.717, 1.165) is 24.2 Å². The Morgan fingerprint density at radius 2 is 1.29 bits per heavy atom. The van der Waals surface area contributed by atoms with Gasteiger partial charge >= 0.3 is 0 Å². The van der Waals surface area contributed by atoms with Crippen molar-refractivity contribution in [3.05, 3.63) is 132 Å². The minimum atomic E-state index is -3.74. The Balaban J connectivity index is 1.21. The molecule has 1 aliphatic heterocycles. The first-order valence-electron chi connectivity index (χ1n) is 13.9. The van der Waals surface area contributed by atoms with Gasteiger partial charge in [-0.25, -0.2) is 8.42 Å². The van der Waals surface area contributed by atoms with Crippen LogP contribution in [-0.2, 0) is 21.2 Å². The lowest BCUT2D eigenvalue weighted by Gasteiger charge is -2.40. The Kier molecular flexibility index (Phi) is 7.47. The Morgan fingerprint density at radius 1 is 0.732 bits per heavy atom. The standard InChI is InChI=1S/C34H33N3O3S/c1-26-16-18-29(19-17-26)41(39,40)32-24-37(31-15-9-8-14-30(31)32)25-33(38)35-20-22-36(23-21-35)34(27-10-4-2-5-11-27)28-12-6-3-7-13-28/h2-19,24,34H,20-23,25H2,1H3. The molecule has 41 heavy (non-hydrogen) atoms. The quantitative estimate of drug-likeness (QED) is 0.254. The molecule has 5 aromatic rings. The fourth-order valence-electron chi connectivity index (χ4n) is 5.76. The predicted octanol–water partition coefficient (Wildman–Crippen LogP) is 5.72. The van der Waals surface area contributed by atoms with Crippen LogP contribution in [0.15, 0.2) is 125 Å². The Hall–Kier alpha value is -4.20. The molecule has 0 spiro atoms. The molecule has 0 radical (unpaired) electrons. The zero-order valence-electron chi connectivity index (χ0n) is 23.1. The van der Waals surface area contributed by atoms with Crippen molar-refractivity contribution in [2.75, 3.05) is 26.2 Å². The van der Waals surface area contributed by atoms with Gasteiger partial charge in [-0.05, 0) is 36.2 Å². The van der Waals surface area contributed by atoms with Crippen molar-refractivity contribution in [2.24, 2.45) is 0 Å². The molecule has 6 nitrogen and oxygen atoms in total. The summed E-state index contributed by atoms with van der Waals surface area (Å²) in [6.45, 7) is 4.74. The molecule has 6 rings (SSSR count). The fraction of sp³-hybridized carbons (Fsp3) is 0.206. The van der Waals surface area contributed by atoms with Crippen molar-refractivity contribution < 1.29 is 13.2 Å². The molecule has 0 unspecified atom stereocenters. The number of benzene rings is 4. The monoisotopic (exact) mass is 563 g/mol.